The van der Waals surface area contributed by atoms with Crippen molar-refractivity contribution in [1.29, 1.82) is 0 Å². The van der Waals surface area contributed by atoms with Gasteiger partial charge in [-0.05, 0) is 50.5 Å². The molecule has 0 aliphatic rings. The van der Waals surface area contributed by atoms with E-state index in [1.807, 2.05) is 69.3 Å². The third kappa shape index (κ3) is 5.62. The summed E-state index contributed by atoms with van der Waals surface area (Å²) in [6, 6.07) is 15.2. The van der Waals surface area contributed by atoms with Crippen LogP contribution in [0.5, 0.6) is 5.75 Å². The maximum absolute atomic E-state index is 12.2. The van der Waals surface area contributed by atoms with E-state index >= 15 is 0 Å². The molecular formula is C21H25NO4. The fourth-order valence-corrected chi connectivity index (χ4v) is 2.44. The van der Waals surface area contributed by atoms with Gasteiger partial charge in [0.1, 0.15) is 5.75 Å². The first-order chi connectivity index (χ1) is 12.4. The van der Waals surface area contributed by atoms with Gasteiger partial charge in [0, 0.05) is 0 Å². The number of aryl methyl sites for hydroxylation is 2. The van der Waals surface area contributed by atoms with Gasteiger partial charge < -0.3 is 14.8 Å². The molecule has 2 rings (SSSR count). The molecule has 0 spiro atoms. The molecule has 0 saturated heterocycles. The van der Waals surface area contributed by atoms with Crippen LogP contribution in [0.1, 0.15) is 36.6 Å². The number of rotatable bonds is 7. The minimum atomic E-state index is -0.893. The van der Waals surface area contributed by atoms with Crippen LogP contribution >= 0.6 is 0 Å². The first-order valence-electron chi connectivity index (χ1n) is 8.61. The molecule has 138 valence electrons. The predicted molar refractivity (Wildman–Crippen MR) is 100.0 cm³/mol. The van der Waals surface area contributed by atoms with Crippen molar-refractivity contribution in [3.63, 3.8) is 0 Å². The second-order valence-corrected chi connectivity index (χ2v) is 6.33. The Morgan fingerprint density at radius 2 is 1.73 bits per heavy atom. The van der Waals surface area contributed by atoms with Gasteiger partial charge in [-0.25, -0.2) is 4.79 Å². The Hall–Kier alpha value is -2.82. The van der Waals surface area contributed by atoms with Crippen LogP contribution in [0.25, 0.3) is 0 Å². The lowest BCUT2D eigenvalue weighted by Gasteiger charge is -2.18. The maximum atomic E-state index is 12.2. The SMILES string of the molecule is Cc1ccc(C)c(OCC(=O)OC(C)C(=O)NC(C)c2ccccc2)c1. The lowest BCUT2D eigenvalue weighted by molar-refractivity contribution is -0.156. The molecule has 0 saturated carbocycles. The molecular weight excluding hydrogens is 330 g/mol. The van der Waals surface area contributed by atoms with Crippen LogP contribution in [-0.4, -0.2) is 24.6 Å². The van der Waals surface area contributed by atoms with Crippen molar-refractivity contribution in [3.05, 3.63) is 65.2 Å². The van der Waals surface area contributed by atoms with E-state index in [0.29, 0.717) is 5.75 Å². The van der Waals surface area contributed by atoms with Crippen molar-refractivity contribution >= 4 is 11.9 Å². The molecule has 0 bridgehead atoms. The highest BCUT2D eigenvalue weighted by molar-refractivity contribution is 5.84. The van der Waals surface area contributed by atoms with Gasteiger partial charge in [-0.2, -0.15) is 0 Å². The van der Waals surface area contributed by atoms with Gasteiger partial charge in [0.05, 0.1) is 6.04 Å². The van der Waals surface area contributed by atoms with Crippen molar-refractivity contribution in [3.8, 4) is 5.75 Å². The summed E-state index contributed by atoms with van der Waals surface area (Å²) >= 11 is 0. The highest BCUT2D eigenvalue weighted by Crippen LogP contribution is 2.19. The summed E-state index contributed by atoms with van der Waals surface area (Å²) in [4.78, 5) is 24.2. The maximum Gasteiger partial charge on any atom is 0.344 e. The average molecular weight is 355 g/mol. The molecule has 0 aliphatic carbocycles. The zero-order valence-electron chi connectivity index (χ0n) is 15.6. The summed E-state index contributed by atoms with van der Waals surface area (Å²) in [5, 5.41) is 2.83. The number of benzene rings is 2. The summed E-state index contributed by atoms with van der Waals surface area (Å²) in [6.45, 7) is 7.04. The molecule has 5 nitrogen and oxygen atoms in total. The molecule has 2 aromatic rings. The van der Waals surface area contributed by atoms with E-state index in [4.69, 9.17) is 9.47 Å². The number of amides is 1. The van der Waals surface area contributed by atoms with Gasteiger partial charge in [0.2, 0.25) is 0 Å². The number of nitrogens with one attached hydrogen (secondary N) is 1. The number of esters is 1. The number of hydrogen-bond donors (Lipinski definition) is 1. The number of ether oxygens (including phenoxy) is 2. The first-order valence-corrected chi connectivity index (χ1v) is 8.61. The van der Waals surface area contributed by atoms with Crippen LogP contribution in [0.3, 0.4) is 0 Å². The lowest BCUT2D eigenvalue weighted by Crippen LogP contribution is -2.38. The van der Waals surface area contributed by atoms with E-state index in [-0.39, 0.29) is 18.6 Å². The zero-order valence-corrected chi connectivity index (χ0v) is 15.6. The topological polar surface area (TPSA) is 64.6 Å². The zero-order chi connectivity index (χ0) is 19.1. The first kappa shape index (κ1) is 19.5. The molecule has 1 N–H and O–H groups in total. The Balaban J connectivity index is 1.82. The summed E-state index contributed by atoms with van der Waals surface area (Å²) in [5.74, 6) is -0.292. The second-order valence-electron chi connectivity index (χ2n) is 6.33. The average Bonchev–Trinajstić information content (AvgIpc) is 2.63. The van der Waals surface area contributed by atoms with Crippen molar-refractivity contribution in [2.45, 2.75) is 39.8 Å². The molecule has 0 radical (unpaired) electrons. The van der Waals surface area contributed by atoms with Crippen LogP contribution in [0.4, 0.5) is 0 Å². The van der Waals surface area contributed by atoms with Crippen LogP contribution in [-0.2, 0) is 14.3 Å². The number of carbonyl (C=O) groups excluding carboxylic acids is 2. The van der Waals surface area contributed by atoms with Gasteiger partial charge in [0.25, 0.3) is 5.91 Å². The molecule has 2 aromatic carbocycles. The molecule has 5 heteroatoms. The molecule has 0 heterocycles. The molecule has 26 heavy (non-hydrogen) atoms. The van der Waals surface area contributed by atoms with E-state index in [2.05, 4.69) is 5.32 Å². The highest BCUT2D eigenvalue weighted by atomic mass is 16.6. The summed E-state index contributed by atoms with van der Waals surface area (Å²) in [7, 11) is 0. The molecule has 0 fully saturated rings. The highest BCUT2D eigenvalue weighted by Gasteiger charge is 2.20. The normalized spacial score (nSPS) is 12.8. The summed E-state index contributed by atoms with van der Waals surface area (Å²) in [5.41, 5.74) is 2.96. The largest absolute Gasteiger partial charge is 0.482 e. The fraction of sp³-hybridized carbons (Fsp3) is 0.333. The van der Waals surface area contributed by atoms with Crippen molar-refractivity contribution < 1.29 is 19.1 Å². The van der Waals surface area contributed by atoms with Crippen LogP contribution < -0.4 is 10.1 Å². The molecule has 2 atom stereocenters. The van der Waals surface area contributed by atoms with E-state index in [1.54, 1.807) is 6.92 Å². The summed E-state index contributed by atoms with van der Waals surface area (Å²) in [6.07, 6.45) is -0.893. The quantitative estimate of drug-likeness (QED) is 0.772. The Labute approximate surface area is 154 Å². The van der Waals surface area contributed by atoms with Crippen LogP contribution in [0.2, 0.25) is 0 Å². The standard InChI is InChI=1S/C21H25NO4/c1-14-10-11-15(2)19(12-14)25-13-20(23)26-17(4)21(24)22-16(3)18-8-6-5-7-9-18/h5-12,16-17H,13H2,1-4H3,(H,22,24). The molecule has 2 unspecified atom stereocenters. The van der Waals surface area contributed by atoms with Crippen molar-refractivity contribution in [2.24, 2.45) is 0 Å². The van der Waals surface area contributed by atoms with Gasteiger partial charge in [0.15, 0.2) is 12.7 Å². The third-order valence-corrected chi connectivity index (χ3v) is 4.02. The number of carbonyl (C=O) groups is 2. The number of hydrogen-bond acceptors (Lipinski definition) is 4. The van der Waals surface area contributed by atoms with E-state index in [9.17, 15) is 9.59 Å². The predicted octanol–water partition coefficient (Wildman–Crippen LogP) is 3.49. The van der Waals surface area contributed by atoms with E-state index in [1.165, 1.54) is 0 Å². The minimum absolute atomic E-state index is 0.170. The lowest BCUT2D eigenvalue weighted by atomic mass is 10.1. The smallest absolute Gasteiger partial charge is 0.344 e. The monoisotopic (exact) mass is 355 g/mol. The molecule has 0 aliphatic heterocycles. The van der Waals surface area contributed by atoms with Crippen LogP contribution in [0.15, 0.2) is 48.5 Å². The Morgan fingerprint density at radius 1 is 1.04 bits per heavy atom. The second kappa shape index (κ2) is 9.04. The van der Waals surface area contributed by atoms with Gasteiger partial charge in [-0.15, -0.1) is 0 Å². The molecule has 0 aromatic heterocycles. The van der Waals surface area contributed by atoms with Crippen molar-refractivity contribution in [2.75, 3.05) is 6.61 Å². The summed E-state index contributed by atoms with van der Waals surface area (Å²) < 4.78 is 10.7. The van der Waals surface area contributed by atoms with E-state index < -0.39 is 12.1 Å². The Bertz CT molecular complexity index is 758. The van der Waals surface area contributed by atoms with E-state index in [0.717, 1.165) is 16.7 Å². The van der Waals surface area contributed by atoms with Gasteiger partial charge >= 0.3 is 5.97 Å². The third-order valence-electron chi connectivity index (χ3n) is 4.02. The Morgan fingerprint density at radius 3 is 2.42 bits per heavy atom. The van der Waals surface area contributed by atoms with Crippen LogP contribution in [0, 0.1) is 13.8 Å². The molecule has 1 amide bonds. The Kier molecular flexibility index (Phi) is 6.78. The minimum Gasteiger partial charge on any atom is -0.482 e. The van der Waals surface area contributed by atoms with Crippen molar-refractivity contribution in [1.82, 2.24) is 5.32 Å². The van der Waals surface area contributed by atoms with Gasteiger partial charge in [-0.1, -0.05) is 42.5 Å². The van der Waals surface area contributed by atoms with Gasteiger partial charge in [-0.3, -0.25) is 4.79 Å². The fourth-order valence-electron chi connectivity index (χ4n) is 2.44.